The van der Waals surface area contributed by atoms with Crippen molar-refractivity contribution in [2.75, 3.05) is 37.7 Å². The summed E-state index contributed by atoms with van der Waals surface area (Å²) in [5.74, 6) is 1.59. The predicted molar refractivity (Wildman–Crippen MR) is 114 cm³/mol. The third-order valence-electron chi connectivity index (χ3n) is 4.79. The van der Waals surface area contributed by atoms with Gasteiger partial charge in [-0.15, -0.1) is 11.3 Å². The molecule has 150 valence electrons. The Hall–Kier alpha value is -3.00. The molecule has 0 N–H and O–H groups in total. The average molecular weight is 410 g/mol. The Kier molecular flexibility index (Phi) is 5.71. The quantitative estimate of drug-likeness (QED) is 0.652. The molecule has 0 spiro atoms. The number of carbonyl (C=O) groups is 1. The summed E-state index contributed by atoms with van der Waals surface area (Å²) in [7, 11) is 0. The van der Waals surface area contributed by atoms with Crippen LogP contribution in [0.3, 0.4) is 0 Å². The maximum atomic E-state index is 11.9. The first-order chi connectivity index (χ1) is 14.1. The van der Waals surface area contributed by atoms with Crippen LogP contribution in [-0.2, 0) is 4.74 Å². The normalized spacial score (nSPS) is 14.1. The molecule has 0 radical (unpaired) electrons. The highest BCUT2D eigenvalue weighted by molar-refractivity contribution is 7.13. The predicted octanol–water partition coefficient (Wildman–Crippen LogP) is 3.85. The van der Waals surface area contributed by atoms with Crippen LogP contribution in [-0.4, -0.2) is 58.7 Å². The number of piperazine rings is 1. The van der Waals surface area contributed by atoms with Gasteiger partial charge in [0.25, 0.3) is 0 Å². The molecule has 0 aromatic carbocycles. The fourth-order valence-corrected chi connectivity index (χ4v) is 4.06. The van der Waals surface area contributed by atoms with Crippen LogP contribution in [0.15, 0.2) is 42.0 Å². The Labute approximate surface area is 174 Å². The number of amides is 1. The van der Waals surface area contributed by atoms with Crippen LogP contribution in [0.1, 0.15) is 12.7 Å². The highest BCUT2D eigenvalue weighted by Gasteiger charge is 2.23. The molecule has 1 saturated heterocycles. The van der Waals surface area contributed by atoms with Gasteiger partial charge in [-0.05, 0) is 31.4 Å². The Morgan fingerprint density at radius 2 is 1.93 bits per heavy atom. The van der Waals surface area contributed by atoms with Gasteiger partial charge in [0.1, 0.15) is 11.6 Å². The van der Waals surface area contributed by atoms with Crippen molar-refractivity contribution < 1.29 is 9.53 Å². The van der Waals surface area contributed by atoms with Crippen molar-refractivity contribution >= 4 is 23.2 Å². The summed E-state index contributed by atoms with van der Waals surface area (Å²) in [6, 6.07) is 8.24. The molecule has 0 atom stereocenters. The molecule has 0 unspecified atom stereocenters. The van der Waals surface area contributed by atoms with E-state index in [9.17, 15) is 4.79 Å². The number of carbonyl (C=O) groups excluding carboxylic acids is 1. The minimum absolute atomic E-state index is 0.247. The molecular formula is C21H23N5O2S. The Bertz CT molecular complexity index is 984. The second-order valence-electron chi connectivity index (χ2n) is 6.77. The molecule has 4 heterocycles. The van der Waals surface area contributed by atoms with Gasteiger partial charge < -0.3 is 14.5 Å². The number of hydrogen-bond donors (Lipinski definition) is 0. The Balaban J connectivity index is 1.55. The molecule has 0 bridgehead atoms. The van der Waals surface area contributed by atoms with E-state index in [4.69, 9.17) is 4.74 Å². The number of hydrogen-bond acceptors (Lipinski definition) is 7. The number of anilines is 1. The molecule has 8 heteroatoms. The largest absolute Gasteiger partial charge is 0.450 e. The van der Waals surface area contributed by atoms with Crippen molar-refractivity contribution in [1.29, 1.82) is 0 Å². The minimum atomic E-state index is -0.247. The van der Waals surface area contributed by atoms with Crippen LogP contribution in [0, 0.1) is 6.92 Å². The molecule has 7 nitrogen and oxygen atoms in total. The van der Waals surface area contributed by atoms with Crippen molar-refractivity contribution in [2.24, 2.45) is 0 Å². The third kappa shape index (κ3) is 4.37. The number of ether oxygens (including phenoxy) is 1. The number of rotatable bonds is 4. The second kappa shape index (κ2) is 8.57. The van der Waals surface area contributed by atoms with E-state index in [1.54, 1.807) is 16.2 Å². The molecule has 0 aliphatic carbocycles. The zero-order valence-electron chi connectivity index (χ0n) is 16.5. The molecular weight excluding hydrogens is 386 g/mol. The van der Waals surface area contributed by atoms with Crippen LogP contribution in [0.4, 0.5) is 10.6 Å². The van der Waals surface area contributed by atoms with Crippen molar-refractivity contribution in [1.82, 2.24) is 19.9 Å². The Morgan fingerprint density at radius 3 is 2.66 bits per heavy atom. The number of nitrogens with zero attached hydrogens (tertiary/aromatic N) is 5. The van der Waals surface area contributed by atoms with Crippen LogP contribution < -0.4 is 4.90 Å². The van der Waals surface area contributed by atoms with E-state index < -0.39 is 0 Å². The van der Waals surface area contributed by atoms with Crippen molar-refractivity contribution in [3.63, 3.8) is 0 Å². The van der Waals surface area contributed by atoms with E-state index in [0.29, 0.717) is 38.6 Å². The van der Waals surface area contributed by atoms with E-state index in [2.05, 4.69) is 37.4 Å². The highest BCUT2D eigenvalue weighted by atomic mass is 32.1. The third-order valence-corrected chi connectivity index (χ3v) is 5.71. The number of thiophene rings is 1. The minimum Gasteiger partial charge on any atom is -0.450 e. The maximum absolute atomic E-state index is 11.9. The van der Waals surface area contributed by atoms with E-state index in [1.165, 1.54) is 4.88 Å². The molecule has 0 saturated carbocycles. The lowest BCUT2D eigenvalue weighted by atomic mass is 10.1. The first-order valence-corrected chi connectivity index (χ1v) is 10.5. The summed E-state index contributed by atoms with van der Waals surface area (Å²) >= 11 is 1.69. The van der Waals surface area contributed by atoms with Crippen molar-refractivity contribution in [3.8, 4) is 21.7 Å². The number of aromatic nitrogens is 3. The Morgan fingerprint density at radius 1 is 1.14 bits per heavy atom. The van der Waals surface area contributed by atoms with Crippen LogP contribution in [0.5, 0.6) is 0 Å². The summed E-state index contributed by atoms with van der Waals surface area (Å²) in [5.41, 5.74) is 2.90. The fourth-order valence-electron chi connectivity index (χ4n) is 3.35. The van der Waals surface area contributed by atoms with Crippen molar-refractivity contribution in [2.45, 2.75) is 13.8 Å². The summed E-state index contributed by atoms with van der Waals surface area (Å²) < 4.78 is 5.10. The van der Waals surface area contributed by atoms with Crippen molar-refractivity contribution in [3.05, 3.63) is 47.9 Å². The lowest BCUT2D eigenvalue weighted by Gasteiger charge is -2.34. The summed E-state index contributed by atoms with van der Waals surface area (Å²) in [4.78, 5) is 30.7. The van der Waals surface area contributed by atoms with E-state index >= 15 is 0 Å². The SMILES string of the molecule is CCOC(=O)N1CCN(c2cc(-c3cncc(-c4cccs4)c3)nc(C)n2)CC1. The van der Waals surface area contributed by atoms with Gasteiger partial charge in [0.15, 0.2) is 0 Å². The van der Waals surface area contributed by atoms with Crippen LogP contribution in [0.2, 0.25) is 0 Å². The smallest absolute Gasteiger partial charge is 0.409 e. The second-order valence-corrected chi connectivity index (χ2v) is 7.72. The van der Waals surface area contributed by atoms with Gasteiger partial charge in [-0.25, -0.2) is 14.8 Å². The molecule has 1 fully saturated rings. The first-order valence-electron chi connectivity index (χ1n) is 9.65. The zero-order chi connectivity index (χ0) is 20.2. The van der Waals surface area contributed by atoms with Gasteiger partial charge in [-0.2, -0.15) is 0 Å². The lowest BCUT2D eigenvalue weighted by molar-refractivity contribution is 0.105. The maximum Gasteiger partial charge on any atom is 0.409 e. The topological polar surface area (TPSA) is 71.5 Å². The van der Waals surface area contributed by atoms with Gasteiger partial charge in [0, 0.05) is 60.6 Å². The zero-order valence-corrected chi connectivity index (χ0v) is 17.4. The number of aryl methyl sites for hydroxylation is 1. The average Bonchev–Trinajstić information content (AvgIpc) is 3.29. The standard InChI is InChI=1S/C21H23N5O2S/c1-3-28-21(27)26-8-6-25(7-9-26)20-12-18(23-15(2)24-20)16-11-17(14-22-13-16)19-5-4-10-29-19/h4-5,10-14H,3,6-9H2,1-2H3. The van der Waals surface area contributed by atoms with Gasteiger partial charge in [0.2, 0.25) is 0 Å². The summed E-state index contributed by atoms with van der Waals surface area (Å²) in [6.07, 6.45) is 3.46. The monoisotopic (exact) mass is 409 g/mol. The molecule has 29 heavy (non-hydrogen) atoms. The highest BCUT2D eigenvalue weighted by Crippen LogP contribution is 2.29. The first kappa shape index (κ1) is 19.3. The van der Waals surface area contributed by atoms with E-state index in [-0.39, 0.29) is 6.09 Å². The molecule has 1 aliphatic heterocycles. The molecule has 3 aromatic heterocycles. The van der Waals surface area contributed by atoms with E-state index in [1.807, 2.05) is 38.4 Å². The van der Waals surface area contributed by atoms with Gasteiger partial charge >= 0.3 is 6.09 Å². The van der Waals surface area contributed by atoms with Gasteiger partial charge in [-0.1, -0.05) is 6.07 Å². The van der Waals surface area contributed by atoms with Crippen LogP contribution >= 0.6 is 11.3 Å². The molecule has 1 aliphatic rings. The molecule has 4 rings (SSSR count). The van der Waals surface area contributed by atoms with Gasteiger partial charge in [-0.3, -0.25) is 4.98 Å². The lowest BCUT2D eigenvalue weighted by Crippen LogP contribution is -2.49. The molecule has 3 aromatic rings. The summed E-state index contributed by atoms with van der Waals surface area (Å²) in [5, 5.41) is 2.06. The summed E-state index contributed by atoms with van der Waals surface area (Å²) in [6.45, 7) is 6.77. The van der Waals surface area contributed by atoms with Crippen LogP contribution in [0.25, 0.3) is 21.7 Å². The fraction of sp³-hybridized carbons (Fsp3) is 0.333. The number of pyridine rings is 1. The van der Waals surface area contributed by atoms with E-state index in [0.717, 1.165) is 22.6 Å². The van der Waals surface area contributed by atoms with Gasteiger partial charge in [0.05, 0.1) is 12.3 Å². The molecule has 1 amide bonds.